The van der Waals surface area contributed by atoms with E-state index in [0.717, 1.165) is 0 Å². The largest absolute Gasteiger partial charge is 0.907 e. The zero-order chi connectivity index (χ0) is 17.0. The third kappa shape index (κ3) is 68400. The fourth-order valence-corrected chi connectivity index (χ4v) is 0. The maximum Gasteiger partial charge on any atom is -0.278 e. The second-order valence-corrected chi connectivity index (χ2v) is 1.91. The second kappa shape index (κ2) is 36.5. The van der Waals surface area contributed by atoms with Crippen LogP contribution in [-0.4, -0.2) is 106 Å². The number of quaternary nitrogens is 1. The van der Waals surface area contributed by atoms with Gasteiger partial charge in [0.05, 0.1) is 14.1 Å². The molecule has 0 saturated carbocycles. The van der Waals surface area contributed by atoms with Crippen molar-refractivity contribution in [3.05, 3.63) is 0 Å². The van der Waals surface area contributed by atoms with E-state index in [9.17, 15) is 0 Å². The molecule has 0 aromatic carbocycles. The van der Waals surface area contributed by atoms with Gasteiger partial charge in [-0.05, 0) is 0 Å². The Labute approximate surface area is 127 Å². The summed E-state index contributed by atoms with van der Waals surface area (Å²) in [5, 5.41) is 91.8. The summed E-state index contributed by atoms with van der Waals surface area (Å²) in [4.78, 5) is 0. The van der Waals surface area contributed by atoms with E-state index in [1.807, 2.05) is 19.4 Å². The fraction of sp³-hybridized carbons (Fsp3) is 1.00. The summed E-state index contributed by atoms with van der Waals surface area (Å²) in [5.41, 5.74) is 0. The van der Waals surface area contributed by atoms with Crippen molar-refractivity contribution in [2.45, 2.75) is 0 Å². The summed E-state index contributed by atoms with van der Waals surface area (Å²) in [7, 11) is -5.42. The predicted molar refractivity (Wildman–Crippen MR) is 65.3 cm³/mol. The van der Waals surface area contributed by atoms with Gasteiger partial charge in [-0.1, -0.05) is 0 Å². The van der Waals surface area contributed by atoms with Gasteiger partial charge in [0.1, 0.15) is 0 Å². The van der Waals surface area contributed by atoms with Gasteiger partial charge in [-0.3, -0.25) is 7.32 Å². The summed E-state index contributed by atoms with van der Waals surface area (Å²) in [6, 6.07) is 0. The van der Waals surface area contributed by atoms with Crippen molar-refractivity contribution >= 4 is 46.9 Å². The molecule has 0 radical (unpaired) electrons. The van der Waals surface area contributed by atoms with Crippen molar-refractivity contribution in [1.82, 2.24) is 0 Å². The molecule has 11 N–H and O–H groups in total. The topological polar surface area (TPSA) is 268 Å². The molecule has 120 valence electrons. The van der Waals surface area contributed by atoms with Crippen LogP contribution in [0.3, 0.4) is 0 Å². The monoisotopic (exact) mass is 367 g/mol. The molecule has 0 aliphatic heterocycles. The van der Waals surface area contributed by atoms with Crippen LogP contribution in [0.25, 0.3) is 0 Å². The van der Waals surface area contributed by atoms with Crippen LogP contribution >= 0.6 is 0 Å². The summed E-state index contributed by atoms with van der Waals surface area (Å²) < 4.78 is 0. The van der Waals surface area contributed by atoms with Gasteiger partial charge in [0.15, 0.2) is 0 Å². The number of hydrogen-bond donors (Lipinski definition) is 10. The molecule has 0 bridgehead atoms. The van der Waals surface area contributed by atoms with Crippen molar-refractivity contribution < 1.29 is 65.6 Å². The molecule has 20 heavy (non-hydrogen) atoms. The molecule has 0 aliphatic rings. The summed E-state index contributed by atoms with van der Waals surface area (Å²) in [5.74, 6) is 0. The summed E-state index contributed by atoms with van der Waals surface area (Å²) in [6.45, 7) is 0. The van der Waals surface area contributed by atoms with Crippen LogP contribution in [-0.2, 0) is 0 Å². The molecule has 18 heteroatoms. The maximum atomic E-state index is 8.42. The first kappa shape index (κ1) is 37.0. The van der Waals surface area contributed by atoms with E-state index in [-0.39, 0.29) is 17.6 Å². The Balaban J connectivity index is -0.0000000304. The smallest absolute Gasteiger partial charge is 0.278 e. The fourth-order valence-electron chi connectivity index (χ4n) is 0. The Kier molecular flexibility index (Phi) is 67.5. The predicted octanol–water partition coefficient (Wildman–Crippen LogP) is -12.2. The van der Waals surface area contributed by atoms with Crippen molar-refractivity contribution in [2.24, 2.45) is 0 Å². The van der Waals surface area contributed by atoms with Gasteiger partial charge in [-0.25, -0.2) is 0 Å². The summed E-state index contributed by atoms with van der Waals surface area (Å²) >= 11 is 0. The Bertz CT molecular complexity index is 86.6. The van der Waals surface area contributed by atoms with Gasteiger partial charge < -0.3 is 65.6 Å². The Hall–Kier alpha value is 0.283. The van der Waals surface area contributed by atoms with Gasteiger partial charge in [0.25, 0.3) is 0 Å². The second-order valence-electron chi connectivity index (χ2n) is 1.91. The van der Waals surface area contributed by atoms with E-state index in [1.54, 1.807) is 0 Å². The van der Waals surface area contributed by atoms with Crippen molar-refractivity contribution in [3.8, 4) is 0 Å². The van der Waals surface area contributed by atoms with Gasteiger partial charge in [0.2, 0.25) is 0 Å². The van der Waals surface area contributed by atoms with Crippen LogP contribution in [0.2, 0.25) is 0 Å². The normalized spacial score (nSPS) is 6.30. The first-order valence-electron chi connectivity index (χ1n) is 4.19. The summed E-state index contributed by atoms with van der Waals surface area (Å²) in [6.07, 6.45) is 0. The minimum absolute atomic E-state index is 0. The minimum Gasteiger partial charge on any atom is -0.907 e. The Morgan fingerprint density at radius 1 is 0.600 bits per heavy atom. The molecule has 0 heterocycles. The van der Waals surface area contributed by atoms with Crippen LogP contribution in [0, 0.1) is 0 Å². The Morgan fingerprint density at radius 2 is 0.600 bits per heavy atom. The van der Waals surface area contributed by atoms with E-state index >= 15 is 0 Å². The van der Waals surface area contributed by atoms with E-state index < -0.39 is 29.3 Å². The molecule has 0 saturated heterocycles. The molecular formula is C2H19B4GeNO12. The third-order valence-electron chi connectivity index (χ3n) is 0. The quantitative estimate of drug-likeness (QED) is 0.179. The van der Waals surface area contributed by atoms with E-state index in [1.165, 1.54) is 0 Å². The van der Waals surface area contributed by atoms with Crippen LogP contribution in [0.1, 0.15) is 0 Å². The third-order valence-corrected chi connectivity index (χ3v) is 0. The first-order chi connectivity index (χ1) is 8.34. The van der Waals surface area contributed by atoms with Crippen LogP contribution < -0.4 is 20.4 Å². The minimum atomic E-state index is -2.92. The number of hydrogen-bond acceptors (Lipinski definition) is 12. The average molecular weight is 365 g/mol. The zero-order valence-corrected chi connectivity index (χ0v) is 13.8. The van der Waals surface area contributed by atoms with Gasteiger partial charge in [-0.2, -0.15) is 0 Å². The molecule has 13 nitrogen and oxygen atoms in total. The molecule has 0 rings (SSSR count). The van der Waals surface area contributed by atoms with Gasteiger partial charge in [0, 0.05) is 0 Å². The molecule has 0 spiro atoms. The van der Waals surface area contributed by atoms with Gasteiger partial charge >= 0.3 is 39.6 Å². The molecule has 0 amide bonds. The van der Waals surface area contributed by atoms with Gasteiger partial charge in [-0.15, -0.1) is 0 Å². The molecule has 0 aromatic rings. The average Bonchev–Trinajstić information content (AvgIpc) is 1.97. The van der Waals surface area contributed by atoms with Crippen molar-refractivity contribution in [3.63, 3.8) is 0 Å². The molecule has 0 aromatic heterocycles. The van der Waals surface area contributed by atoms with E-state index in [0.29, 0.717) is 0 Å². The SMILES string of the molecule is C[NH2+]C.OB(O)O.OB(O)O.OB(O)O.[GeH2+2].[O-]B([O-])[O-]. The Morgan fingerprint density at radius 3 is 0.600 bits per heavy atom. The van der Waals surface area contributed by atoms with E-state index in [2.05, 4.69) is 0 Å². The molecule has 0 unspecified atom stereocenters. The van der Waals surface area contributed by atoms with Crippen LogP contribution in [0.5, 0.6) is 0 Å². The van der Waals surface area contributed by atoms with E-state index in [4.69, 9.17) is 60.3 Å². The maximum absolute atomic E-state index is 8.42. The van der Waals surface area contributed by atoms with Crippen molar-refractivity contribution in [1.29, 1.82) is 0 Å². The van der Waals surface area contributed by atoms with Crippen LogP contribution in [0.15, 0.2) is 0 Å². The molecule has 0 aliphatic carbocycles. The van der Waals surface area contributed by atoms with Crippen molar-refractivity contribution in [2.75, 3.05) is 14.1 Å². The first-order valence-corrected chi connectivity index (χ1v) is 4.19. The standard InChI is InChI=1S/C2H7N.3BH3O3.BO3.GeH2/c1-3-2;4*2-1(3)4;/h3H,1-2H3;3*2-4H;;1H2/q;;;;-3;+2/p+1. The van der Waals surface area contributed by atoms with Crippen LogP contribution in [0.4, 0.5) is 0 Å². The number of rotatable bonds is 0. The molecule has 0 atom stereocenters. The zero-order valence-electron chi connectivity index (χ0n) is 10.8. The molecular weight excluding hydrogens is 346 g/mol. The number of nitrogens with two attached hydrogens (primary N) is 1. The molecule has 0 fully saturated rings.